The maximum absolute atomic E-state index is 2.56. The Morgan fingerprint density at radius 3 is 0.755 bits per heavy atom. The van der Waals surface area contributed by atoms with Crippen molar-refractivity contribution in [2.45, 2.75) is 0 Å². The van der Waals surface area contributed by atoms with E-state index in [4.69, 9.17) is 0 Å². The van der Waals surface area contributed by atoms with Crippen LogP contribution < -0.4 is 9.80 Å². The Balaban J connectivity index is 0.969. The van der Waals surface area contributed by atoms with Crippen LogP contribution in [0.5, 0.6) is 0 Å². The van der Waals surface area contributed by atoms with Crippen molar-refractivity contribution in [2.75, 3.05) is 9.80 Å². The van der Waals surface area contributed by atoms with Gasteiger partial charge in [-0.25, -0.2) is 0 Å². The average Bonchev–Trinajstić information content (AvgIpc) is 1.43. The minimum Gasteiger partial charge on any atom is -0.311 e. The zero-order valence-electron chi connectivity index (χ0n) is 55.9. The van der Waals surface area contributed by atoms with Gasteiger partial charge in [-0.15, -0.1) is 0 Å². The predicted octanol–water partition coefficient (Wildman–Crippen LogP) is 27.1. The third kappa shape index (κ3) is 10.4. The Kier molecular flexibility index (Phi) is 14.9. The smallest absolute Gasteiger partial charge is 0.0619 e. The molecule has 0 bridgehead atoms. The first-order valence-corrected chi connectivity index (χ1v) is 35.1. The number of hydrogen-bond acceptors (Lipinski definition) is 2. The molecule has 4 heteroatoms. The molecule has 0 N–H and O–H groups in total. The number of para-hydroxylation sites is 4. The van der Waals surface area contributed by atoms with Gasteiger partial charge in [0.1, 0.15) is 0 Å². The van der Waals surface area contributed by atoms with Gasteiger partial charge in [0.25, 0.3) is 0 Å². The SMILES string of the molecule is c1ccc(-c2c(-c3ccccc3)n(-c3ccc(N(c4ccccc4)c4ccccc4)cc3)c3cc4c(-c5ccc6ccccc6c5)c5cc6c(-c7ccccc7)c(-c7ccccc7)n(-c7ccc(N(c8ccccc8)c8ccccc8)cc7)c6cc5c(-c5ccc6ccccc6c5)c4cc23)cc1. The van der Waals surface area contributed by atoms with Crippen molar-refractivity contribution in [2.24, 2.45) is 0 Å². The molecular weight excluding hydrogens is 1230 g/mol. The highest BCUT2D eigenvalue weighted by Crippen LogP contribution is 2.53. The molecule has 0 atom stereocenters. The summed E-state index contributed by atoms with van der Waals surface area (Å²) in [6.07, 6.45) is 0. The summed E-state index contributed by atoms with van der Waals surface area (Å²) in [6.45, 7) is 0. The molecule has 0 unspecified atom stereocenters. The van der Waals surface area contributed by atoms with Crippen LogP contribution in [0.1, 0.15) is 0 Å². The second-order valence-corrected chi connectivity index (χ2v) is 26.3. The molecule has 4 nitrogen and oxygen atoms in total. The van der Waals surface area contributed by atoms with Gasteiger partial charge in [-0.05, 0) is 221 Å². The summed E-state index contributed by atoms with van der Waals surface area (Å²) in [5, 5.41) is 11.7. The molecule has 0 radical (unpaired) electrons. The summed E-state index contributed by atoms with van der Waals surface area (Å²) in [4.78, 5) is 4.68. The van der Waals surface area contributed by atoms with E-state index in [0.717, 1.165) is 134 Å². The molecule has 0 aliphatic heterocycles. The molecule has 2 heterocycles. The van der Waals surface area contributed by atoms with Gasteiger partial charge in [-0.3, -0.25) is 0 Å². The number of benzene rings is 17. The maximum Gasteiger partial charge on any atom is 0.0619 e. The molecule has 17 aromatic carbocycles. The summed E-state index contributed by atoms with van der Waals surface area (Å²) >= 11 is 0. The van der Waals surface area contributed by atoms with Crippen LogP contribution in [-0.2, 0) is 0 Å². The zero-order chi connectivity index (χ0) is 67.5. The molecule has 0 amide bonds. The standard InChI is InChI=1S/C98H66N4/c1-9-31-69(32-10-1)95-89-63-85-87(65-91(89)101(97(95)71-35-13-3-14-36-71)83-57-53-81(54-58-83)99(77-41-17-5-18-42-77)78-43-19-6-20-44-78)94(76-52-50-68-30-26-28-40-74(68)62-76)86-64-90-92(66-88(86)93(85)75-51-49-67-29-25-27-39-73(67)61-75)102(98(72-37-15-4-16-38-72)96(90)70-33-11-2-12-34-70)84-59-55-82(56-60-84)100(79-45-21-7-22-46-79)80-47-23-8-24-48-80/h1-66H. The molecule has 478 valence electrons. The van der Waals surface area contributed by atoms with Crippen molar-refractivity contribution >= 4 is 99.0 Å². The van der Waals surface area contributed by atoms with E-state index in [-0.39, 0.29) is 0 Å². The largest absolute Gasteiger partial charge is 0.311 e. The molecule has 0 spiro atoms. The second kappa shape index (κ2) is 25.4. The Bertz CT molecular complexity index is 5830. The lowest BCUT2D eigenvalue weighted by atomic mass is 9.83. The fourth-order valence-corrected chi connectivity index (χ4v) is 15.9. The molecule has 2 aromatic heterocycles. The van der Waals surface area contributed by atoms with Crippen LogP contribution in [0.4, 0.5) is 34.1 Å². The van der Waals surface area contributed by atoms with Crippen LogP contribution in [0.15, 0.2) is 400 Å². The predicted molar refractivity (Wildman–Crippen MR) is 432 cm³/mol. The van der Waals surface area contributed by atoms with Gasteiger partial charge in [0, 0.05) is 67.4 Å². The molecule has 0 fully saturated rings. The molecule has 0 aliphatic carbocycles. The second-order valence-electron chi connectivity index (χ2n) is 26.3. The zero-order valence-corrected chi connectivity index (χ0v) is 55.9. The first kappa shape index (κ1) is 59.7. The van der Waals surface area contributed by atoms with Crippen LogP contribution in [0, 0.1) is 0 Å². The van der Waals surface area contributed by atoms with Gasteiger partial charge < -0.3 is 18.9 Å². The van der Waals surface area contributed by atoms with Gasteiger partial charge in [-0.2, -0.15) is 0 Å². The van der Waals surface area contributed by atoms with E-state index in [1.807, 2.05) is 0 Å². The van der Waals surface area contributed by atoms with Crippen molar-refractivity contribution in [1.29, 1.82) is 0 Å². The lowest BCUT2D eigenvalue weighted by molar-refractivity contribution is 1.13. The van der Waals surface area contributed by atoms with Crippen molar-refractivity contribution in [3.05, 3.63) is 400 Å². The van der Waals surface area contributed by atoms with E-state index in [1.54, 1.807) is 0 Å². The van der Waals surface area contributed by atoms with Gasteiger partial charge in [0.15, 0.2) is 0 Å². The Morgan fingerprint density at radius 1 is 0.167 bits per heavy atom. The maximum atomic E-state index is 2.56. The summed E-state index contributed by atoms with van der Waals surface area (Å²) in [7, 11) is 0. The number of aromatic nitrogens is 2. The molecule has 102 heavy (non-hydrogen) atoms. The van der Waals surface area contributed by atoms with Crippen LogP contribution in [0.3, 0.4) is 0 Å². The summed E-state index contributed by atoms with van der Waals surface area (Å²) in [5.74, 6) is 0. The number of anilines is 6. The molecular formula is C98H66N4. The van der Waals surface area contributed by atoms with Gasteiger partial charge >= 0.3 is 0 Å². The summed E-state index contributed by atoms with van der Waals surface area (Å²) in [6, 6.07) is 147. The third-order valence-corrected chi connectivity index (χ3v) is 20.4. The van der Waals surface area contributed by atoms with E-state index < -0.39 is 0 Å². The van der Waals surface area contributed by atoms with E-state index in [1.165, 1.54) is 43.8 Å². The van der Waals surface area contributed by atoms with Crippen LogP contribution >= 0.6 is 0 Å². The normalized spacial score (nSPS) is 11.5. The monoisotopic (exact) mass is 1300 g/mol. The average molecular weight is 1300 g/mol. The van der Waals surface area contributed by atoms with E-state index in [0.29, 0.717) is 0 Å². The quantitative estimate of drug-likeness (QED) is 0.101. The van der Waals surface area contributed by atoms with Crippen LogP contribution in [0.25, 0.3) is 143 Å². The van der Waals surface area contributed by atoms with Crippen LogP contribution in [0.2, 0.25) is 0 Å². The fraction of sp³-hybridized carbons (Fsp3) is 0. The lowest BCUT2D eigenvalue weighted by Crippen LogP contribution is -2.09. The minimum absolute atomic E-state index is 1.05. The van der Waals surface area contributed by atoms with Crippen molar-refractivity contribution in [3.8, 4) is 78.4 Å². The third-order valence-electron chi connectivity index (χ3n) is 20.4. The van der Waals surface area contributed by atoms with Crippen molar-refractivity contribution in [3.63, 3.8) is 0 Å². The highest BCUT2D eigenvalue weighted by atomic mass is 15.1. The van der Waals surface area contributed by atoms with E-state index >= 15 is 0 Å². The molecule has 0 aliphatic rings. The Hall–Kier alpha value is -13.5. The highest BCUT2D eigenvalue weighted by molar-refractivity contribution is 6.28. The van der Waals surface area contributed by atoms with Gasteiger partial charge in [0.2, 0.25) is 0 Å². The van der Waals surface area contributed by atoms with Crippen molar-refractivity contribution < 1.29 is 0 Å². The van der Waals surface area contributed by atoms with Crippen LogP contribution in [-0.4, -0.2) is 9.13 Å². The lowest BCUT2D eigenvalue weighted by Gasteiger charge is -2.26. The first-order chi connectivity index (χ1) is 50.6. The van der Waals surface area contributed by atoms with Gasteiger partial charge in [-0.1, -0.05) is 267 Å². The van der Waals surface area contributed by atoms with Crippen molar-refractivity contribution in [1.82, 2.24) is 9.13 Å². The number of fused-ring (bicyclic) bond motifs is 6. The van der Waals surface area contributed by atoms with E-state index in [2.05, 4.69) is 419 Å². The molecule has 0 saturated heterocycles. The minimum atomic E-state index is 1.05. The first-order valence-electron chi connectivity index (χ1n) is 35.1. The Morgan fingerprint density at radius 2 is 0.431 bits per heavy atom. The summed E-state index contributed by atoms with van der Waals surface area (Å²) < 4.78 is 5.09. The molecule has 0 saturated carbocycles. The Labute approximate surface area is 593 Å². The fourth-order valence-electron chi connectivity index (χ4n) is 15.9. The highest BCUT2D eigenvalue weighted by Gasteiger charge is 2.29. The number of hydrogen-bond donors (Lipinski definition) is 0. The summed E-state index contributed by atoms with van der Waals surface area (Å²) in [5.41, 5.74) is 24.5. The van der Waals surface area contributed by atoms with Gasteiger partial charge in [0.05, 0.1) is 22.4 Å². The number of rotatable bonds is 14. The number of nitrogens with zero attached hydrogens (tertiary/aromatic N) is 4. The molecule has 19 rings (SSSR count). The van der Waals surface area contributed by atoms with E-state index in [9.17, 15) is 0 Å². The molecule has 19 aromatic rings. The topological polar surface area (TPSA) is 16.3 Å².